The molecule has 2 N–H and O–H groups in total. The van der Waals surface area contributed by atoms with Crippen molar-refractivity contribution in [1.29, 1.82) is 0 Å². The minimum Gasteiger partial charge on any atom is -0.497 e. The number of nitrogens with zero attached hydrogens (tertiary/aromatic N) is 1. The fourth-order valence-corrected chi connectivity index (χ4v) is 5.20. The molecule has 4 rings (SSSR count). The smallest absolute Gasteiger partial charge is 0.227 e. The van der Waals surface area contributed by atoms with Crippen LogP contribution in [0, 0.1) is 5.41 Å². The molecule has 1 aliphatic heterocycles. The molecule has 0 saturated carbocycles. The third-order valence-electron chi connectivity index (χ3n) is 6.24. The van der Waals surface area contributed by atoms with Gasteiger partial charge in [-0.2, -0.15) is 0 Å². The quantitative estimate of drug-likeness (QED) is 0.586. The summed E-state index contributed by atoms with van der Waals surface area (Å²) in [4.78, 5) is 28.7. The van der Waals surface area contributed by atoms with E-state index in [1.165, 1.54) is 4.88 Å². The lowest BCUT2D eigenvalue weighted by Gasteiger charge is -2.41. The number of methoxy groups -OCH3 is 1. The number of nitrogens with two attached hydrogens (primary N) is 1. The predicted octanol–water partition coefficient (Wildman–Crippen LogP) is 4.30. The molecule has 2 amide bonds. The van der Waals surface area contributed by atoms with Crippen LogP contribution in [0.25, 0.3) is 10.4 Å². The van der Waals surface area contributed by atoms with Crippen molar-refractivity contribution in [3.8, 4) is 16.2 Å². The SMILES string of the molecule is COc1ccc(CC(=O)N2CCC[C@@](Cc3cccc(-c4cccs4)c3)(C(N)=O)C2)cc1. The summed E-state index contributed by atoms with van der Waals surface area (Å²) in [5, 5.41) is 2.06. The summed E-state index contributed by atoms with van der Waals surface area (Å²) in [5.41, 5.74) is 8.33. The molecule has 32 heavy (non-hydrogen) atoms. The van der Waals surface area contributed by atoms with Crippen LogP contribution in [0.15, 0.2) is 66.0 Å². The standard InChI is InChI=1S/C26H28N2O3S/c1-31-22-10-8-19(9-11-22)16-24(29)28-13-4-12-26(18-28,25(27)30)17-20-5-2-6-21(15-20)23-7-3-14-32-23/h2-3,5-11,14-15H,4,12-13,16-18H2,1H3,(H2,27,30)/t26-/m0/s1. The Hall–Kier alpha value is -3.12. The molecule has 166 valence electrons. The lowest BCUT2D eigenvalue weighted by Crippen LogP contribution is -2.53. The number of benzene rings is 2. The highest BCUT2D eigenvalue weighted by atomic mass is 32.1. The van der Waals surface area contributed by atoms with Crippen molar-refractivity contribution in [2.45, 2.75) is 25.7 Å². The molecule has 0 aliphatic carbocycles. The van der Waals surface area contributed by atoms with Crippen molar-refractivity contribution in [2.75, 3.05) is 20.2 Å². The summed E-state index contributed by atoms with van der Waals surface area (Å²) in [5.74, 6) is 0.450. The van der Waals surface area contributed by atoms with E-state index in [1.54, 1.807) is 18.4 Å². The molecule has 2 heterocycles. The molecule has 0 bridgehead atoms. The van der Waals surface area contributed by atoms with E-state index in [9.17, 15) is 9.59 Å². The number of hydrogen-bond donors (Lipinski definition) is 1. The number of carbonyl (C=O) groups excluding carboxylic acids is 2. The third-order valence-corrected chi connectivity index (χ3v) is 7.16. The van der Waals surface area contributed by atoms with E-state index < -0.39 is 5.41 Å². The first-order valence-electron chi connectivity index (χ1n) is 10.8. The molecule has 3 aromatic rings. The monoisotopic (exact) mass is 448 g/mol. The van der Waals surface area contributed by atoms with Crippen molar-refractivity contribution in [1.82, 2.24) is 4.90 Å². The van der Waals surface area contributed by atoms with E-state index in [4.69, 9.17) is 10.5 Å². The molecule has 1 saturated heterocycles. The summed E-state index contributed by atoms with van der Waals surface area (Å²) in [6, 6.07) is 19.9. The van der Waals surface area contributed by atoms with E-state index in [-0.39, 0.29) is 11.8 Å². The van der Waals surface area contributed by atoms with Crippen LogP contribution in [0.5, 0.6) is 5.75 Å². The minimum absolute atomic E-state index is 0.0211. The molecule has 0 radical (unpaired) electrons. The third kappa shape index (κ3) is 4.86. The van der Waals surface area contributed by atoms with Crippen molar-refractivity contribution in [2.24, 2.45) is 11.1 Å². The van der Waals surface area contributed by atoms with Gasteiger partial charge in [-0.05, 0) is 59.5 Å². The molecule has 2 aromatic carbocycles. The highest BCUT2D eigenvalue weighted by molar-refractivity contribution is 7.13. The maximum Gasteiger partial charge on any atom is 0.227 e. The zero-order chi connectivity index (χ0) is 22.6. The van der Waals surface area contributed by atoms with Crippen molar-refractivity contribution < 1.29 is 14.3 Å². The number of thiophene rings is 1. The predicted molar refractivity (Wildman–Crippen MR) is 128 cm³/mol. The fourth-order valence-electron chi connectivity index (χ4n) is 4.48. The van der Waals surface area contributed by atoms with Gasteiger partial charge in [0, 0.05) is 18.0 Å². The molecule has 1 aromatic heterocycles. The second-order valence-corrected chi connectivity index (χ2v) is 9.39. The van der Waals surface area contributed by atoms with Crippen LogP contribution in [0.2, 0.25) is 0 Å². The first-order chi connectivity index (χ1) is 15.5. The second-order valence-electron chi connectivity index (χ2n) is 8.44. The minimum atomic E-state index is -0.748. The molecular formula is C26H28N2O3S. The zero-order valence-corrected chi connectivity index (χ0v) is 19.1. The Labute approximate surface area is 192 Å². The number of likely N-dealkylation sites (tertiary alicyclic amines) is 1. The van der Waals surface area contributed by atoms with Gasteiger partial charge in [-0.15, -0.1) is 11.3 Å². The first kappa shape index (κ1) is 22.1. The second kappa shape index (κ2) is 9.57. The van der Waals surface area contributed by atoms with Crippen LogP contribution in [-0.2, 0) is 22.4 Å². The Bertz CT molecular complexity index is 1080. The number of primary amides is 1. The van der Waals surface area contributed by atoms with Crippen LogP contribution in [0.3, 0.4) is 0 Å². The topological polar surface area (TPSA) is 72.6 Å². The Morgan fingerprint density at radius 1 is 1.09 bits per heavy atom. The van der Waals surface area contributed by atoms with Crippen LogP contribution in [0.4, 0.5) is 0 Å². The van der Waals surface area contributed by atoms with Crippen LogP contribution in [0.1, 0.15) is 24.0 Å². The lowest BCUT2D eigenvalue weighted by molar-refractivity contribution is -0.139. The van der Waals surface area contributed by atoms with Crippen LogP contribution < -0.4 is 10.5 Å². The summed E-state index contributed by atoms with van der Waals surface area (Å²) in [6.07, 6.45) is 2.29. The van der Waals surface area contributed by atoms with Gasteiger partial charge in [-0.25, -0.2) is 0 Å². The van der Waals surface area contributed by atoms with Gasteiger partial charge in [-0.3, -0.25) is 9.59 Å². The van der Waals surface area contributed by atoms with Crippen molar-refractivity contribution in [3.63, 3.8) is 0 Å². The summed E-state index contributed by atoms with van der Waals surface area (Å²) in [7, 11) is 1.62. The van der Waals surface area contributed by atoms with E-state index in [0.29, 0.717) is 32.4 Å². The highest BCUT2D eigenvalue weighted by Gasteiger charge is 2.42. The van der Waals surface area contributed by atoms with Crippen LogP contribution in [-0.4, -0.2) is 36.9 Å². The Morgan fingerprint density at radius 3 is 2.59 bits per heavy atom. The number of carbonyl (C=O) groups is 2. The molecule has 0 unspecified atom stereocenters. The van der Waals surface area contributed by atoms with Crippen molar-refractivity contribution in [3.05, 3.63) is 77.2 Å². The van der Waals surface area contributed by atoms with Gasteiger partial charge >= 0.3 is 0 Å². The normalized spacial score (nSPS) is 18.3. The molecule has 1 fully saturated rings. The molecule has 1 atom stereocenters. The van der Waals surface area contributed by atoms with Crippen LogP contribution >= 0.6 is 11.3 Å². The van der Waals surface area contributed by atoms with Gasteiger partial charge in [0.2, 0.25) is 11.8 Å². The van der Waals surface area contributed by atoms with E-state index in [2.05, 4.69) is 23.6 Å². The first-order valence-corrected chi connectivity index (χ1v) is 11.7. The van der Waals surface area contributed by atoms with Crippen molar-refractivity contribution >= 4 is 23.2 Å². The molecular weight excluding hydrogens is 420 g/mol. The zero-order valence-electron chi connectivity index (χ0n) is 18.3. The molecule has 1 aliphatic rings. The van der Waals surface area contributed by atoms with E-state index in [0.717, 1.165) is 28.9 Å². The maximum atomic E-state index is 13.0. The van der Waals surface area contributed by atoms with Gasteiger partial charge in [0.25, 0.3) is 0 Å². The number of amides is 2. The molecule has 5 nitrogen and oxygen atoms in total. The van der Waals surface area contributed by atoms with E-state index in [1.807, 2.05) is 47.4 Å². The summed E-state index contributed by atoms with van der Waals surface area (Å²) in [6.45, 7) is 1.01. The number of rotatable bonds is 7. The molecule has 6 heteroatoms. The Kier molecular flexibility index (Phi) is 6.61. The fraction of sp³-hybridized carbons (Fsp3) is 0.308. The number of hydrogen-bond acceptors (Lipinski definition) is 4. The molecule has 0 spiro atoms. The highest BCUT2D eigenvalue weighted by Crippen LogP contribution is 2.35. The van der Waals surface area contributed by atoms with Gasteiger partial charge < -0.3 is 15.4 Å². The lowest BCUT2D eigenvalue weighted by atomic mass is 9.74. The van der Waals surface area contributed by atoms with Gasteiger partial charge in [-0.1, -0.05) is 42.5 Å². The van der Waals surface area contributed by atoms with E-state index >= 15 is 0 Å². The number of ether oxygens (including phenoxy) is 1. The van der Waals surface area contributed by atoms with Gasteiger partial charge in [0.05, 0.1) is 18.9 Å². The summed E-state index contributed by atoms with van der Waals surface area (Å²) < 4.78 is 5.19. The Balaban J connectivity index is 1.50. The number of piperidine rings is 1. The van der Waals surface area contributed by atoms with Gasteiger partial charge in [0.15, 0.2) is 0 Å². The Morgan fingerprint density at radius 2 is 1.91 bits per heavy atom. The average molecular weight is 449 g/mol. The maximum absolute atomic E-state index is 13.0. The largest absolute Gasteiger partial charge is 0.497 e. The average Bonchev–Trinajstić information content (AvgIpc) is 3.35. The summed E-state index contributed by atoms with van der Waals surface area (Å²) >= 11 is 1.69. The van der Waals surface area contributed by atoms with Gasteiger partial charge in [0.1, 0.15) is 5.75 Å².